The van der Waals surface area contributed by atoms with Gasteiger partial charge in [0.05, 0.1) is 0 Å². The molecule has 1 aliphatic rings. The largest absolute Gasteiger partial charge is 0.345 e. The van der Waals surface area contributed by atoms with Gasteiger partial charge >= 0.3 is 0 Å². The highest BCUT2D eigenvalue weighted by atomic mass is 79.9. The summed E-state index contributed by atoms with van der Waals surface area (Å²) in [5.41, 5.74) is 6.64. The summed E-state index contributed by atoms with van der Waals surface area (Å²) in [6.07, 6.45) is 12.9. The number of amides is 1. The fourth-order valence-corrected chi connectivity index (χ4v) is 4.08. The number of aromatic nitrogens is 1. The van der Waals surface area contributed by atoms with Crippen molar-refractivity contribution in [3.05, 3.63) is 81.2 Å². The van der Waals surface area contributed by atoms with E-state index in [2.05, 4.69) is 65.3 Å². The van der Waals surface area contributed by atoms with Crippen LogP contribution in [0.5, 0.6) is 0 Å². The molecule has 180 valence electrons. The standard InChI is InChI=1S/C26H34BrN3O.C2H6/c1-8-22(26(31)29(6)7)10-9-18(2)23-12-15-30(16-13-23)21(5)19(3)17-24-20(4)28-14-11-25(24)27;1-2/h8-12,14,17,21H,1,13,15-16H2,2-7H3;1-2H3/b18-9+,19-17+,22-10+;. The van der Waals surface area contributed by atoms with Gasteiger partial charge in [-0.15, -0.1) is 0 Å². The van der Waals surface area contributed by atoms with Crippen molar-refractivity contribution in [1.29, 1.82) is 0 Å². The summed E-state index contributed by atoms with van der Waals surface area (Å²) in [4.78, 5) is 20.6. The Morgan fingerprint density at radius 1 is 1.27 bits per heavy atom. The maximum Gasteiger partial charge on any atom is 0.253 e. The van der Waals surface area contributed by atoms with Crippen molar-refractivity contribution in [3.63, 3.8) is 0 Å². The molecule has 2 heterocycles. The van der Waals surface area contributed by atoms with Crippen molar-refractivity contribution in [2.75, 3.05) is 27.2 Å². The first-order valence-corrected chi connectivity index (χ1v) is 12.4. The molecule has 0 aromatic carbocycles. The number of likely N-dealkylation sites (N-methyl/N-ethyl adjacent to an activating group) is 1. The van der Waals surface area contributed by atoms with Gasteiger partial charge in [0.2, 0.25) is 0 Å². The Hall–Kier alpha value is -2.24. The first kappa shape index (κ1) is 28.8. The van der Waals surface area contributed by atoms with E-state index in [9.17, 15) is 4.79 Å². The first-order chi connectivity index (χ1) is 15.6. The smallest absolute Gasteiger partial charge is 0.253 e. The van der Waals surface area contributed by atoms with Crippen LogP contribution in [0.4, 0.5) is 0 Å². The topological polar surface area (TPSA) is 36.4 Å². The van der Waals surface area contributed by atoms with Crippen molar-refractivity contribution in [2.24, 2.45) is 0 Å². The number of allylic oxidation sites excluding steroid dienone is 3. The predicted molar refractivity (Wildman–Crippen MR) is 146 cm³/mol. The molecule has 0 saturated heterocycles. The van der Waals surface area contributed by atoms with Crippen LogP contribution < -0.4 is 0 Å². The molecule has 0 aliphatic carbocycles. The molecular formula is C28H40BrN3O. The van der Waals surface area contributed by atoms with Gasteiger partial charge in [0.1, 0.15) is 0 Å². The maximum atomic E-state index is 12.1. The summed E-state index contributed by atoms with van der Waals surface area (Å²) < 4.78 is 1.08. The SMILES string of the molecule is C=C/C(=C\C=C(/C)C1=CCN(C(C)/C(C)=C/c2c(Br)ccnc2C)CC1)C(=O)N(C)C.CC. The van der Waals surface area contributed by atoms with Gasteiger partial charge in [-0.1, -0.05) is 66.2 Å². The van der Waals surface area contributed by atoms with E-state index in [1.807, 2.05) is 45.2 Å². The second kappa shape index (κ2) is 14.1. The molecule has 4 nitrogen and oxygen atoms in total. The highest BCUT2D eigenvalue weighted by molar-refractivity contribution is 9.10. The molecule has 1 aromatic rings. The summed E-state index contributed by atoms with van der Waals surface area (Å²) in [5.74, 6) is -0.0329. The summed E-state index contributed by atoms with van der Waals surface area (Å²) in [7, 11) is 3.50. The zero-order valence-corrected chi connectivity index (χ0v) is 23.2. The van der Waals surface area contributed by atoms with Crippen LogP contribution in [-0.4, -0.2) is 53.9 Å². The van der Waals surface area contributed by atoms with Crippen molar-refractivity contribution >= 4 is 27.9 Å². The summed E-state index contributed by atoms with van der Waals surface area (Å²) in [6.45, 7) is 18.3. The molecule has 1 unspecified atom stereocenters. The molecule has 0 spiro atoms. The Balaban J connectivity index is 0.00000265. The first-order valence-electron chi connectivity index (χ1n) is 11.6. The second-order valence-corrected chi connectivity index (χ2v) is 9.06. The molecule has 0 N–H and O–H groups in total. The van der Waals surface area contributed by atoms with E-state index in [1.54, 1.807) is 25.1 Å². The van der Waals surface area contributed by atoms with E-state index < -0.39 is 0 Å². The fraction of sp³-hybridized carbons (Fsp3) is 0.429. The van der Waals surface area contributed by atoms with Gasteiger partial charge in [-0.25, -0.2) is 0 Å². The highest BCUT2D eigenvalue weighted by Gasteiger charge is 2.19. The van der Waals surface area contributed by atoms with E-state index >= 15 is 0 Å². The lowest BCUT2D eigenvalue weighted by Crippen LogP contribution is -2.37. The Morgan fingerprint density at radius 3 is 2.45 bits per heavy atom. The Labute approximate surface area is 209 Å². The molecule has 2 rings (SSSR count). The van der Waals surface area contributed by atoms with E-state index in [0.29, 0.717) is 11.6 Å². The minimum atomic E-state index is -0.0329. The summed E-state index contributed by atoms with van der Waals surface area (Å²) in [5, 5.41) is 0. The van der Waals surface area contributed by atoms with E-state index in [-0.39, 0.29) is 5.91 Å². The molecule has 1 amide bonds. The number of hydrogen-bond acceptors (Lipinski definition) is 3. The highest BCUT2D eigenvalue weighted by Crippen LogP contribution is 2.26. The molecule has 33 heavy (non-hydrogen) atoms. The molecule has 1 aromatic heterocycles. The van der Waals surface area contributed by atoms with E-state index in [4.69, 9.17) is 0 Å². The number of halogens is 1. The molecule has 0 bridgehead atoms. The van der Waals surface area contributed by atoms with Gasteiger partial charge in [0.25, 0.3) is 5.91 Å². The van der Waals surface area contributed by atoms with Crippen LogP contribution in [0.2, 0.25) is 0 Å². The number of nitrogens with zero attached hydrogens (tertiary/aromatic N) is 3. The van der Waals surface area contributed by atoms with Crippen LogP contribution in [-0.2, 0) is 4.79 Å². The summed E-state index contributed by atoms with van der Waals surface area (Å²) in [6, 6.07) is 2.33. The van der Waals surface area contributed by atoms with Crippen molar-refractivity contribution in [3.8, 4) is 0 Å². The van der Waals surface area contributed by atoms with Gasteiger partial charge in [0, 0.05) is 60.7 Å². The molecule has 0 fully saturated rings. The maximum absolute atomic E-state index is 12.1. The number of hydrogen-bond donors (Lipinski definition) is 0. The third-order valence-corrected chi connectivity index (χ3v) is 6.54. The quantitative estimate of drug-likeness (QED) is 0.298. The minimum Gasteiger partial charge on any atom is -0.345 e. The Bertz CT molecular complexity index is 934. The summed E-state index contributed by atoms with van der Waals surface area (Å²) >= 11 is 3.64. The minimum absolute atomic E-state index is 0.0329. The number of aryl methyl sites for hydroxylation is 1. The Kier molecular flexibility index (Phi) is 12.3. The fourth-order valence-electron chi connectivity index (χ4n) is 3.56. The second-order valence-electron chi connectivity index (χ2n) is 8.21. The van der Waals surface area contributed by atoms with Gasteiger partial charge in [-0.3, -0.25) is 14.7 Å². The average Bonchev–Trinajstić information content (AvgIpc) is 2.82. The number of pyridine rings is 1. The monoisotopic (exact) mass is 513 g/mol. The average molecular weight is 515 g/mol. The third kappa shape index (κ3) is 8.24. The Morgan fingerprint density at radius 2 is 1.94 bits per heavy atom. The van der Waals surface area contributed by atoms with Gasteiger partial charge in [-0.2, -0.15) is 0 Å². The molecule has 1 aliphatic heterocycles. The third-order valence-electron chi connectivity index (χ3n) is 5.85. The molecule has 0 saturated carbocycles. The zero-order chi connectivity index (χ0) is 25.1. The lowest BCUT2D eigenvalue weighted by atomic mass is 9.97. The van der Waals surface area contributed by atoms with Crippen LogP contribution in [0.25, 0.3) is 6.08 Å². The van der Waals surface area contributed by atoms with Crippen LogP contribution in [0.1, 0.15) is 52.3 Å². The van der Waals surface area contributed by atoms with Gasteiger partial charge in [-0.05, 0) is 57.4 Å². The van der Waals surface area contributed by atoms with Crippen molar-refractivity contribution in [1.82, 2.24) is 14.8 Å². The van der Waals surface area contributed by atoms with Crippen LogP contribution in [0, 0.1) is 6.92 Å². The number of carbonyl (C=O) groups excluding carboxylic acids is 1. The lowest BCUT2D eigenvalue weighted by molar-refractivity contribution is -0.124. The number of carbonyl (C=O) groups is 1. The van der Waals surface area contributed by atoms with Crippen molar-refractivity contribution < 1.29 is 4.79 Å². The van der Waals surface area contributed by atoms with Crippen LogP contribution >= 0.6 is 15.9 Å². The van der Waals surface area contributed by atoms with Crippen molar-refractivity contribution in [2.45, 2.75) is 54.0 Å². The lowest BCUT2D eigenvalue weighted by Gasteiger charge is -2.33. The predicted octanol–water partition coefficient (Wildman–Crippen LogP) is 6.75. The van der Waals surface area contributed by atoms with E-state index in [1.165, 1.54) is 16.7 Å². The molecule has 1 atom stereocenters. The van der Waals surface area contributed by atoms with Gasteiger partial charge < -0.3 is 4.90 Å². The van der Waals surface area contributed by atoms with Gasteiger partial charge in [0.15, 0.2) is 0 Å². The molecule has 5 heteroatoms. The van der Waals surface area contributed by atoms with Crippen LogP contribution in [0.3, 0.4) is 0 Å². The molecule has 0 radical (unpaired) electrons. The molecular weight excluding hydrogens is 474 g/mol. The zero-order valence-electron chi connectivity index (χ0n) is 21.6. The van der Waals surface area contributed by atoms with Crippen LogP contribution in [0.15, 0.2) is 69.9 Å². The number of rotatable bonds is 7. The van der Waals surface area contributed by atoms with E-state index in [0.717, 1.165) is 35.2 Å². The normalized spacial score (nSPS) is 16.4.